The lowest BCUT2D eigenvalue weighted by Crippen LogP contribution is -2.47. The Hall–Kier alpha value is -0.850. The highest BCUT2D eigenvalue weighted by Crippen LogP contribution is 2.29. The average molecular weight is 273 g/mol. The van der Waals surface area contributed by atoms with Gasteiger partial charge in [0.05, 0.1) is 39.6 Å². The molecule has 7 heteroatoms. The van der Waals surface area contributed by atoms with Gasteiger partial charge in [-0.25, -0.2) is 0 Å². The number of rotatable bonds is 8. The molecule has 0 aromatic heterocycles. The molecule has 0 spiro atoms. The smallest absolute Gasteiger partial charge is 0.162 e. The highest BCUT2D eigenvalue weighted by atomic mass is 16.7. The van der Waals surface area contributed by atoms with Gasteiger partial charge in [0, 0.05) is 16.9 Å². The Morgan fingerprint density at radius 3 is 2.37 bits per heavy atom. The number of hydrogen-bond acceptors (Lipinski definition) is 5. The van der Waals surface area contributed by atoms with E-state index in [4.69, 9.17) is 24.5 Å². The van der Waals surface area contributed by atoms with Gasteiger partial charge in [-0.1, -0.05) is 12.0 Å². The molecule has 0 aromatic carbocycles. The third-order valence-electron chi connectivity index (χ3n) is 2.76. The SMILES string of the molecule is CC1(COCCOCCN=[N+]=[N-])COC(C)(C)OC1. The van der Waals surface area contributed by atoms with Gasteiger partial charge < -0.3 is 18.9 Å². The van der Waals surface area contributed by atoms with Crippen LogP contribution < -0.4 is 0 Å². The van der Waals surface area contributed by atoms with Crippen molar-refractivity contribution in [2.45, 2.75) is 26.6 Å². The lowest BCUT2D eigenvalue weighted by atomic mass is 9.93. The van der Waals surface area contributed by atoms with Gasteiger partial charge in [-0.2, -0.15) is 0 Å². The zero-order valence-corrected chi connectivity index (χ0v) is 11.9. The Bertz CT molecular complexity index is 306. The Morgan fingerprint density at radius 1 is 1.11 bits per heavy atom. The summed E-state index contributed by atoms with van der Waals surface area (Å²) < 4.78 is 22.0. The summed E-state index contributed by atoms with van der Waals surface area (Å²) in [7, 11) is 0. The Balaban J connectivity index is 2.04. The third kappa shape index (κ3) is 6.75. The summed E-state index contributed by atoms with van der Waals surface area (Å²) in [6, 6.07) is 0. The minimum atomic E-state index is -0.496. The van der Waals surface area contributed by atoms with E-state index >= 15 is 0 Å². The van der Waals surface area contributed by atoms with Crippen molar-refractivity contribution < 1.29 is 18.9 Å². The van der Waals surface area contributed by atoms with Gasteiger partial charge in [0.1, 0.15) is 0 Å². The van der Waals surface area contributed by atoms with Crippen molar-refractivity contribution in [1.82, 2.24) is 0 Å². The van der Waals surface area contributed by atoms with Crippen LogP contribution in [-0.2, 0) is 18.9 Å². The molecule has 0 bridgehead atoms. The predicted molar refractivity (Wildman–Crippen MR) is 69.7 cm³/mol. The van der Waals surface area contributed by atoms with E-state index < -0.39 is 5.79 Å². The summed E-state index contributed by atoms with van der Waals surface area (Å²) in [6.45, 7) is 9.48. The first kappa shape index (κ1) is 16.2. The Labute approximate surface area is 113 Å². The quantitative estimate of drug-likeness (QED) is 0.293. The maximum absolute atomic E-state index is 8.07. The molecule has 0 saturated carbocycles. The molecule has 1 fully saturated rings. The van der Waals surface area contributed by atoms with Gasteiger partial charge in [0.2, 0.25) is 0 Å². The first-order chi connectivity index (χ1) is 8.97. The van der Waals surface area contributed by atoms with E-state index in [0.29, 0.717) is 46.2 Å². The number of hydrogen-bond donors (Lipinski definition) is 0. The molecule has 0 N–H and O–H groups in total. The number of nitrogens with zero attached hydrogens (tertiary/aromatic N) is 3. The molecule has 0 unspecified atom stereocenters. The van der Waals surface area contributed by atoms with Crippen molar-refractivity contribution in [3.8, 4) is 0 Å². The molecule has 0 atom stereocenters. The maximum atomic E-state index is 8.07. The third-order valence-corrected chi connectivity index (χ3v) is 2.76. The van der Waals surface area contributed by atoms with Crippen LogP contribution >= 0.6 is 0 Å². The molecular formula is C12H23N3O4. The van der Waals surface area contributed by atoms with Crippen LogP contribution in [0.15, 0.2) is 5.11 Å². The Kier molecular flexibility index (Phi) is 6.54. The normalized spacial score (nSPS) is 20.8. The second-order valence-corrected chi connectivity index (χ2v) is 5.41. The van der Waals surface area contributed by atoms with Gasteiger partial charge >= 0.3 is 0 Å². The van der Waals surface area contributed by atoms with E-state index in [1.54, 1.807) is 0 Å². The molecule has 110 valence electrons. The molecule has 19 heavy (non-hydrogen) atoms. The zero-order valence-electron chi connectivity index (χ0n) is 11.9. The minimum Gasteiger partial charge on any atom is -0.379 e. The summed E-state index contributed by atoms with van der Waals surface area (Å²) in [5.74, 6) is -0.496. The van der Waals surface area contributed by atoms with Gasteiger partial charge in [-0.05, 0) is 19.4 Å². The average Bonchev–Trinajstić information content (AvgIpc) is 2.37. The van der Waals surface area contributed by atoms with E-state index in [2.05, 4.69) is 16.9 Å². The van der Waals surface area contributed by atoms with Crippen molar-refractivity contribution in [3.05, 3.63) is 10.4 Å². The summed E-state index contributed by atoms with van der Waals surface area (Å²) in [4.78, 5) is 2.64. The van der Waals surface area contributed by atoms with Crippen molar-refractivity contribution in [2.24, 2.45) is 10.5 Å². The van der Waals surface area contributed by atoms with Crippen molar-refractivity contribution in [1.29, 1.82) is 0 Å². The van der Waals surface area contributed by atoms with Gasteiger partial charge in [-0.15, -0.1) is 0 Å². The number of azide groups is 1. The van der Waals surface area contributed by atoms with E-state index in [0.717, 1.165) is 0 Å². The lowest BCUT2D eigenvalue weighted by Gasteiger charge is -2.41. The van der Waals surface area contributed by atoms with Crippen molar-refractivity contribution >= 4 is 0 Å². The van der Waals surface area contributed by atoms with E-state index in [1.807, 2.05) is 13.8 Å². The molecule has 1 aliphatic heterocycles. The summed E-state index contributed by atoms with van der Waals surface area (Å²) >= 11 is 0. The Morgan fingerprint density at radius 2 is 1.74 bits per heavy atom. The standard InChI is InChI=1S/C12H23N3O4/c1-11(2)18-9-12(3,10-19-11)8-17-7-6-16-5-4-14-15-13/h4-10H2,1-3H3. The first-order valence-electron chi connectivity index (χ1n) is 6.42. The molecule has 7 nitrogen and oxygen atoms in total. The van der Waals surface area contributed by atoms with Crippen LogP contribution in [0.5, 0.6) is 0 Å². The summed E-state index contributed by atoms with van der Waals surface area (Å²) in [6.07, 6.45) is 0. The summed E-state index contributed by atoms with van der Waals surface area (Å²) in [5.41, 5.74) is 7.96. The van der Waals surface area contributed by atoms with Crippen LogP contribution in [0, 0.1) is 5.41 Å². The number of ether oxygens (including phenoxy) is 4. The molecule has 1 aliphatic rings. The molecule has 0 radical (unpaired) electrons. The fourth-order valence-corrected chi connectivity index (χ4v) is 1.55. The molecular weight excluding hydrogens is 250 g/mol. The molecule has 1 heterocycles. The second-order valence-electron chi connectivity index (χ2n) is 5.41. The predicted octanol–water partition coefficient (Wildman–Crippen LogP) is 2.12. The van der Waals surface area contributed by atoms with Crippen LogP contribution in [0.25, 0.3) is 10.4 Å². The lowest BCUT2D eigenvalue weighted by molar-refractivity contribution is -0.288. The molecule has 0 aromatic rings. The highest BCUT2D eigenvalue weighted by molar-refractivity contribution is 4.79. The maximum Gasteiger partial charge on any atom is 0.162 e. The van der Waals surface area contributed by atoms with Crippen molar-refractivity contribution in [2.75, 3.05) is 46.2 Å². The molecule has 1 saturated heterocycles. The fourth-order valence-electron chi connectivity index (χ4n) is 1.55. The fraction of sp³-hybridized carbons (Fsp3) is 1.00. The summed E-state index contributed by atoms with van der Waals surface area (Å²) in [5, 5.41) is 3.37. The minimum absolute atomic E-state index is 0.110. The van der Waals surface area contributed by atoms with E-state index in [-0.39, 0.29) is 5.41 Å². The second kappa shape index (κ2) is 7.67. The van der Waals surface area contributed by atoms with Crippen LogP contribution in [0.2, 0.25) is 0 Å². The van der Waals surface area contributed by atoms with Crippen LogP contribution in [0.3, 0.4) is 0 Å². The topological polar surface area (TPSA) is 85.7 Å². The van der Waals surface area contributed by atoms with Crippen LogP contribution in [0.4, 0.5) is 0 Å². The van der Waals surface area contributed by atoms with Crippen LogP contribution in [-0.4, -0.2) is 52.0 Å². The van der Waals surface area contributed by atoms with Gasteiger partial charge in [-0.3, -0.25) is 0 Å². The van der Waals surface area contributed by atoms with Gasteiger partial charge in [0.15, 0.2) is 5.79 Å². The van der Waals surface area contributed by atoms with Crippen molar-refractivity contribution in [3.63, 3.8) is 0 Å². The molecule has 0 aliphatic carbocycles. The van der Waals surface area contributed by atoms with E-state index in [9.17, 15) is 0 Å². The largest absolute Gasteiger partial charge is 0.379 e. The van der Waals surface area contributed by atoms with E-state index in [1.165, 1.54) is 0 Å². The highest BCUT2D eigenvalue weighted by Gasteiger charge is 2.36. The first-order valence-corrected chi connectivity index (χ1v) is 6.42. The van der Waals surface area contributed by atoms with Crippen LogP contribution in [0.1, 0.15) is 20.8 Å². The van der Waals surface area contributed by atoms with Gasteiger partial charge in [0.25, 0.3) is 0 Å². The zero-order chi connectivity index (χ0) is 14.2. The monoisotopic (exact) mass is 273 g/mol. The molecule has 1 rings (SSSR count). The molecule has 0 amide bonds.